The van der Waals surface area contributed by atoms with Crippen LogP contribution < -0.4 is 0 Å². The van der Waals surface area contributed by atoms with Gasteiger partial charge in [-0.25, -0.2) is 0 Å². The predicted octanol–water partition coefficient (Wildman–Crippen LogP) is 2.93. The lowest BCUT2D eigenvalue weighted by molar-refractivity contribution is 0.0750. The van der Waals surface area contributed by atoms with Crippen molar-refractivity contribution < 1.29 is 9.21 Å². The lowest BCUT2D eigenvalue weighted by Gasteiger charge is -2.14. The molecular formula is C13H15ClN2O2. The molecule has 0 unspecified atom stereocenters. The summed E-state index contributed by atoms with van der Waals surface area (Å²) in [6.45, 7) is 2.32. The Morgan fingerprint density at radius 3 is 2.89 bits per heavy atom. The number of nitrogens with one attached hydrogen (secondary N) is 1. The normalized spacial score (nSPS) is 10.6. The number of nitrogens with zero attached hydrogens (tertiary/aromatic N) is 1. The smallest absolute Gasteiger partial charge is 0.289 e. The van der Waals surface area contributed by atoms with Crippen molar-refractivity contribution in [3.63, 3.8) is 0 Å². The van der Waals surface area contributed by atoms with Gasteiger partial charge >= 0.3 is 0 Å². The first-order valence-electron chi connectivity index (χ1n) is 5.65. The van der Waals surface area contributed by atoms with Crippen LogP contribution >= 0.6 is 11.6 Å². The Labute approximate surface area is 111 Å². The summed E-state index contributed by atoms with van der Waals surface area (Å²) < 4.78 is 5.42. The van der Waals surface area contributed by atoms with Crippen molar-refractivity contribution in [2.75, 3.05) is 7.05 Å². The van der Waals surface area contributed by atoms with Gasteiger partial charge in [0.15, 0.2) is 5.76 Å². The number of furan rings is 1. The molecule has 96 valence electrons. The number of carbonyl (C=O) groups is 1. The Hall–Kier alpha value is -1.68. The molecule has 2 heterocycles. The van der Waals surface area contributed by atoms with Crippen molar-refractivity contribution in [3.05, 3.63) is 47.2 Å². The van der Waals surface area contributed by atoms with E-state index in [1.165, 1.54) is 0 Å². The summed E-state index contributed by atoms with van der Waals surface area (Å²) in [7, 11) is 1.74. The second-order valence-corrected chi connectivity index (χ2v) is 4.45. The van der Waals surface area contributed by atoms with Gasteiger partial charge in [-0.3, -0.25) is 4.79 Å². The number of amides is 1. The number of H-pyrrole nitrogens is 1. The van der Waals surface area contributed by atoms with Gasteiger partial charge in [0.1, 0.15) is 5.76 Å². The van der Waals surface area contributed by atoms with Gasteiger partial charge in [-0.15, -0.1) is 11.6 Å². The van der Waals surface area contributed by atoms with E-state index in [1.54, 1.807) is 24.9 Å². The number of halogens is 1. The third-order valence-electron chi connectivity index (χ3n) is 2.79. The minimum Gasteiger partial charge on any atom is -0.456 e. The fourth-order valence-corrected chi connectivity index (χ4v) is 2.00. The Morgan fingerprint density at radius 1 is 1.56 bits per heavy atom. The van der Waals surface area contributed by atoms with Gasteiger partial charge in [-0.1, -0.05) is 0 Å². The van der Waals surface area contributed by atoms with Crippen molar-refractivity contribution in [2.45, 2.75) is 19.3 Å². The van der Waals surface area contributed by atoms with Crippen molar-refractivity contribution in [1.82, 2.24) is 9.88 Å². The molecule has 0 aliphatic rings. The van der Waals surface area contributed by atoms with E-state index in [4.69, 9.17) is 16.0 Å². The number of aryl methyl sites for hydroxylation is 1. The van der Waals surface area contributed by atoms with Crippen molar-refractivity contribution >= 4 is 17.5 Å². The molecule has 1 amide bonds. The molecular weight excluding hydrogens is 252 g/mol. The quantitative estimate of drug-likeness (QED) is 0.865. The number of rotatable bonds is 4. The lowest BCUT2D eigenvalue weighted by Crippen LogP contribution is -2.25. The molecule has 0 atom stereocenters. The first-order chi connectivity index (χ1) is 8.61. The molecule has 0 aliphatic carbocycles. The number of aromatic amines is 1. The average molecular weight is 267 g/mol. The van der Waals surface area contributed by atoms with Gasteiger partial charge in [0.2, 0.25) is 0 Å². The van der Waals surface area contributed by atoms with Crippen LogP contribution in [0.4, 0.5) is 0 Å². The minimum absolute atomic E-state index is 0.149. The molecule has 0 saturated carbocycles. The number of carbonyl (C=O) groups excluding carboxylic acids is 1. The highest BCUT2D eigenvalue weighted by Gasteiger charge is 2.18. The summed E-state index contributed by atoms with van der Waals surface area (Å²) in [6, 6.07) is 5.54. The van der Waals surface area contributed by atoms with Gasteiger partial charge in [-0.05, 0) is 25.1 Å². The Kier molecular flexibility index (Phi) is 3.77. The van der Waals surface area contributed by atoms with E-state index in [9.17, 15) is 4.79 Å². The van der Waals surface area contributed by atoms with Crippen LogP contribution in [0.2, 0.25) is 0 Å². The van der Waals surface area contributed by atoms with E-state index < -0.39 is 0 Å². The van der Waals surface area contributed by atoms with E-state index in [2.05, 4.69) is 4.98 Å². The first-order valence-corrected chi connectivity index (χ1v) is 6.18. The standard InChI is InChI=1S/C13H15ClN2O2/c1-9-10(7-14)6-12(18-9)13(17)16(2)8-11-4-3-5-15-11/h3-6,15H,7-8H2,1-2H3. The zero-order valence-corrected chi connectivity index (χ0v) is 11.1. The minimum atomic E-state index is -0.149. The van der Waals surface area contributed by atoms with Crippen LogP contribution in [0.1, 0.15) is 27.6 Å². The SMILES string of the molecule is Cc1oc(C(=O)N(C)Cc2ccc[nH]2)cc1CCl. The predicted molar refractivity (Wildman–Crippen MR) is 69.6 cm³/mol. The molecule has 0 saturated heterocycles. The average Bonchev–Trinajstić information content (AvgIpc) is 2.97. The highest BCUT2D eigenvalue weighted by atomic mass is 35.5. The van der Waals surface area contributed by atoms with Crippen LogP contribution in [0.25, 0.3) is 0 Å². The molecule has 0 spiro atoms. The van der Waals surface area contributed by atoms with Gasteiger partial charge in [0, 0.05) is 24.5 Å². The fourth-order valence-electron chi connectivity index (χ4n) is 1.74. The van der Waals surface area contributed by atoms with Gasteiger partial charge < -0.3 is 14.3 Å². The Balaban J connectivity index is 2.10. The van der Waals surface area contributed by atoms with Crippen LogP contribution in [0.3, 0.4) is 0 Å². The largest absolute Gasteiger partial charge is 0.456 e. The maximum atomic E-state index is 12.1. The Bertz CT molecular complexity index is 531. The fraction of sp³-hybridized carbons (Fsp3) is 0.308. The molecule has 0 fully saturated rings. The number of hydrogen-bond acceptors (Lipinski definition) is 2. The van der Waals surface area contributed by atoms with Crippen molar-refractivity contribution in [1.29, 1.82) is 0 Å². The molecule has 2 aromatic rings. The van der Waals surface area contributed by atoms with Crippen LogP contribution in [-0.2, 0) is 12.4 Å². The van der Waals surface area contributed by atoms with E-state index in [1.807, 2.05) is 18.3 Å². The molecule has 0 radical (unpaired) electrons. The summed E-state index contributed by atoms with van der Waals surface area (Å²) >= 11 is 5.75. The topological polar surface area (TPSA) is 49.2 Å². The number of hydrogen-bond donors (Lipinski definition) is 1. The molecule has 0 aromatic carbocycles. The van der Waals surface area contributed by atoms with Crippen LogP contribution in [0.15, 0.2) is 28.8 Å². The molecule has 0 aliphatic heterocycles. The molecule has 5 heteroatoms. The van der Waals surface area contributed by atoms with Gasteiger partial charge in [0.05, 0.1) is 12.4 Å². The van der Waals surface area contributed by atoms with Gasteiger partial charge in [0.25, 0.3) is 5.91 Å². The van der Waals surface area contributed by atoms with Crippen LogP contribution in [0, 0.1) is 6.92 Å². The van der Waals surface area contributed by atoms with Crippen LogP contribution in [0.5, 0.6) is 0 Å². The monoisotopic (exact) mass is 266 g/mol. The molecule has 2 aromatic heterocycles. The zero-order chi connectivity index (χ0) is 13.1. The van der Waals surface area contributed by atoms with E-state index in [0.717, 1.165) is 11.3 Å². The summed E-state index contributed by atoms with van der Waals surface area (Å²) in [5.41, 5.74) is 1.83. The van der Waals surface area contributed by atoms with Crippen molar-refractivity contribution in [3.8, 4) is 0 Å². The molecule has 1 N–H and O–H groups in total. The highest BCUT2D eigenvalue weighted by Crippen LogP contribution is 2.18. The third kappa shape index (κ3) is 2.59. The molecule has 2 rings (SSSR count). The lowest BCUT2D eigenvalue weighted by atomic mass is 10.2. The maximum Gasteiger partial charge on any atom is 0.289 e. The summed E-state index contributed by atoms with van der Waals surface area (Å²) in [6.07, 6.45) is 1.83. The van der Waals surface area contributed by atoms with E-state index in [0.29, 0.717) is 23.9 Å². The summed E-state index contributed by atoms with van der Waals surface area (Å²) in [5, 5.41) is 0. The number of aromatic nitrogens is 1. The summed E-state index contributed by atoms with van der Waals surface area (Å²) in [4.78, 5) is 16.8. The second kappa shape index (κ2) is 5.31. The van der Waals surface area contributed by atoms with Gasteiger partial charge in [-0.2, -0.15) is 0 Å². The van der Waals surface area contributed by atoms with E-state index in [-0.39, 0.29) is 5.91 Å². The highest BCUT2D eigenvalue weighted by molar-refractivity contribution is 6.17. The zero-order valence-electron chi connectivity index (χ0n) is 10.4. The summed E-state index contributed by atoms with van der Waals surface area (Å²) in [5.74, 6) is 1.23. The molecule has 0 bridgehead atoms. The first kappa shape index (κ1) is 12.8. The molecule has 18 heavy (non-hydrogen) atoms. The van der Waals surface area contributed by atoms with E-state index >= 15 is 0 Å². The third-order valence-corrected chi connectivity index (χ3v) is 3.08. The Morgan fingerprint density at radius 2 is 2.33 bits per heavy atom. The molecule has 4 nitrogen and oxygen atoms in total. The van der Waals surface area contributed by atoms with Crippen molar-refractivity contribution in [2.24, 2.45) is 0 Å². The maximum absolute atomic E-state index is 12.1. The number of alkyl halides is 1. The van der Waals surface area contributed by atoms with Crippen LogP contribution in [-0.4, -0.2) is 22.8 Å². The second-order valence-electron chi connectivity index (χ2n) is 4.18.